The molecule has 2 aliphatic heterocycles. The molecule has 194 valence electrons. The fourth-order valence-electron chi connectivity index (χ4n) is 4.79. The Morgan fingerprint density at radius 3 is 2.31 bits per heavy atom. The summed E-state index contributed by atoms with van der Waals surface area (Å²) < 4.78 is 5.47. The van der Waals surface area contributed by atoms with Gasteiger partial charge in [-0.05, 0) is 69.9 Å². The second-order valence-electron chi connectivity index (χ2n) is 10.7. The van der Waals surface area contributed by atoms with Crippen molar-refractivity contribution < 1.29 is 14.3 Å². The van der Waals surface area contributed by atoms with Gasteiger partial charge in [-0.2, -0.15) is 0 Å². The normalized spacial score (nSPS) is 17.6. The lowest BCUT2D eigenvalue weighted by atomic mass is 9.96. The molecule has 1 aromatic heterocycles. The number of benzene rings is 1. The zero-order chi connectivity index (χ0) is 25.5. The maximum Gasteiger partial charge on any atom is 0.410 e. The summed E-state index contributed by atoms with van der Waals surface area (Å²) in [6.45, 7) is 11.6. The Kier molecular flexibility index (Phi) is 8.46. The molecule has 36 heavy (non-hydrogen) atoms. The zero-order valence-corrected chi connectivity index (χ0v) is 21.8. The van der Waals surface area contributed by atoms with E-state index in [2.05, 4.69) is 38.3 Å². The number of nitrogens with one attached hydrogen (secondary N) is 1. The molecule has 0 bridgehead atoms. The Labute approximate surface area is 214 Å². The second-order valence-corrected chi connectivity index (χ2v) is 10.7. The van der Waals surface area contributed by atoms with Gasteiger partial charge in [0.25, 0.3) is 0 Å². The van der Waals surface area contributed by atoms with E-state index in [-0.39, 0.29) is 17.9 Å². The van der Waals surface area contributed by atoms with E-state index in [0.29, 0.717) is 25.9 Å². The van der Waals surface area contributed by atoms with Gasteiger partial charge in [-0.1, -0.05) is 12.1 Å². The van der Waals surface area contributed by atoms with Gasteiger partial charge in [0.2, 0.25) is 5.91 Å². The number of hydrogen-bond donors (Lipinski definition) is 1. The summed E-state index contributed by atoms with van der Waals surface area (Å²) in [6, 6.07) is 12.2. The van der Waals surface area contributed by atoms with E-state index in [1.54, 1.807) is 4.90 Å². The van der Waals surface area contributed by atoms with Crippen LogP contribution in [0, 0.1) is 5.92 Å². The van der Waals surface area contributed by atoms with Crippen LogP contribution in [0.2, 0.25) is 0 Å². The molecule has 0 radical (unpaired) electrons. The maximum absolute atomic E-state index is 13.1. The van der Waals surface area contributed by atoms with Crippen LogP contribution in [0.25, 0.3) is 0 Å². The van der Waals surface area contributed by atoms with E-state index in [4.69, 9.17) is 4.74 Å². The third kappa shape index (κ3) is 7.20. The van der Waals surface area contributed by atoms with Crippen molar-refractivity contribution in [1.29, 1.82) is 0 Å². The maximum atomic E-state index is 13.1. The smallest absolute Gasteiger partial charge is 0.410 e. The third-order valence-electron chi connectivity index (χ3n) is 6.86. The predicted molar refractivity (Wildman–Crippen MR) is 142 cm³/mol. The van der Waals surface area contributed by atoms with Crippen LogP contribution >= 0.6 is 0 Å². The van der Waals surface area contributed by atoms with Crippen molar-refractivity contribution in [2.45, 2.75) is 45.6 Å². The number of piperazine rings is 1. The molecule has 0 atom stereocenters. The summed E-state index contributed by atoms with van der Waals surface area (Å²) in [5.41, 5.74) is 2.74. The van der Waals surface area contributed by atoms with E-state index < -0.39 is 5.60 Å². The number of aromatic nitrogens is 1. The Hall–Kier alpha value is -3.13. The monoisotopic (exact) mass is 493 g/mol. The molecule has 0 unspecified atom stereocenters. The minimum absolute atomic E-state index is 0.0299. The van der Waals surface area contributed by atoms with Crippen LogP contribution in [0.5, 0.6) is 0 Å². The molecule has 0 saturated carbocycles. The highest BCUT2D eigenvalue weighted by Crippen LogP contribution is 2.28. The number of anilines is 2. The van der Waals surface area contributed by atoms with Gasteiger partial charge in [-0.3, -0.25) is 14.7 Å². The lowest BCUT2D eigenvalue weighted by molar-refractivity contribution is -0.121. The first-order chi connectivity index (χ1) is 17.3. The standard InChI is InChI=1S/C28H39N5O3/c1-28(2,3)36-27(35)33-16-11-23(12-17-33)26(34)30-24-6-4-5-7-25(24)32-20-18-31(19-21-32)15-10-22-8-13-29-14-9-22/h4-9,13-14,23H,10-12,15-21H2,1-3H3,(H,30,34). The van der Waals surface area contributed by atoms with Crippen LogP contribution in [0.1, 0.15) is 39.2 Å². The Morgan fingerprint density at radius 1 is 0.972 bits per heavy atom. The minimum atomic E-state index is -0.514. The number of hydrogen-bond acceptors (Lipinski definition) is 6. The fraction of sp³-hybridized carbons (Fsp3) is 0.536. The number of nitrogens with zero attached hydrogens (tertiary/aromatic N) is 4. The average molecular weight is 494 g/mol. The van der Waals surface area contributed by atoms with Crippen LogP contribution in [-0.4, -0.2) is 78.2 Å². The Morgan fingerprint density at radius 2 is 1.64 bits per heavy atom. The van der Waals surface area contributed by atoms with Gasteiger partial charge in [0.05, 0.1) is 11.4 Å². The number of piperidine rings is 1. The molecule has 2 aromatic rings. The first kappa shape index (κ1) is 25.9. The van der Waals surface area contributed by atoms with Gasteiger partial charge in [0.1, 0.15) is 5.60 Å². The molecular weight excluding hydrogens is 454 g/mol. The number of pyridine rings is 1. The molecule has 2 aliphatic rings. The van der Waals surface area contributed by atoms with Crippen LogP contribution in [-0.2, 0) is 16.0 Å². The number of carbonyl (C=O) groups excluding carboxylic acids is 2. The van der Waals surface area contributed by atoms with E-state index in [0.717, 1.165) is 50.5 Å². The van der Waals surface area contributed by atoms with Crippen molar-refractivity contribution in [1.82, 2.24) is 14.8 Å². The van der Waals surface area contributed by atoms with E-state index in [1.165, 1.54) is 5.56 Å². The number of rotatable bonds is 6. The second kappa shape index (κ2) is 11.7. The minimum Gasteiger partial charge on any atom is -0.444 e. The fourth-order valence-corrected chi connectivity index (χ4v) is 4.79. The molecule has 8 heteroatoms. The average Bonchev–Trinajstić information content (AvgIpc) is 2.88. The van der Waals surface area contributed by atoms with Crippen LogP contribution < -0.4 is 10.2 Å². The van der Waals surface area contributed by atoms with Crippen molar-refractivity contribution in [2.24, 2.45) is 5.92 Å². The van der Waals surface area contributed by atoms with E-state index in [1.807, 2.05) is 51.4 Å². The van der Waals surface area contributed by atoms with Crippen molar-refractivity contribution in [2.75, 3.05) is 56.0 Å². The summed E-state index contributed by atoms with van der Waals surface area (Å²) in [6.07, 6.45) is 5.71. The van der Waals surface area contributed by atoms with Crippen LogP contribution in [0.4, 0.5) is 16.2 Å². The van der Waals surface area contributed by atoms with Crippen molar-refractivity contribution in [3.63, 3.8) is 0 Å². The largest absolute Gasteiger partial charge is 0.444 e. The van der Waals surface area contributed by atoms with Gasteiger partial charge >= 0.3 is 6.09 Å². The lowest BCUT2D eigenvalue weighted by Gasteiger charge is -2.37. The van der Waals surface area contributed by atoms with Gasteiger partial charge in [-0.15, -0.1) is 0 Å². The molecule has 8 nitrogen and oxygen atoms in total. The molecule has 2 saturated heterocycles. The highest BCUT2D eigenvalue weighted by Gasteiger charge is 2.30. The highest BCUT2D eigenvalue weighted by atomic mass is 16.6. The lowest BCUT2D eigenvalue weighted by Crippen LogP contribution is -2.47. The first-order valence-electron chi connectivity index (χ1n) is 13.0. The molecule has 3 heterocycles. The highest BCUT2D eigenvalue weighted by molar-refractivity contribution is 5.96. The van der Waals surface area contributed by atoms with Gasteiger partial charge in [0, 0.05) is 64.1 Å². The molecule has 2 amide bonds. The number of carbonyl (C=O) groups is 2. The van der Waals surface area contributed by atoms with E-state index in [9.17, 15) is 9.59 Å². The van der Waals surface area contributed by atoms with Gasteiger partial charge < -0.3 is 19.9 Å². The topological polar surface area (TPSA) is 78.0 Å². The summed E-state index contributed by atoms with van der Waals surface area (Å²) in [7, 11) is 0. The molecule has 1 aromatic carbocycles. The predicted octanol–water partition coefficient (Wildman–Crippen LogP) is 4.03. The van der Waals surface area contributed by atoms with Crippen molar-refractivity contribution in [3.8, 4) is 0 Å². The molecule has 2 fully saturated rings. The zero-order valence-electron chi connectivity index (χ0n) is 21.8. The molecular formula is C28H39N5O3. The SMILES string of the molecule is CC(C)(C)OC(=O)N1CCC(C(=O)Nc2ccccc2N2CCN(CCc3ccncc3)CC2)CC1. The number of likely N-dealkylation sites (tertiary alicyclic amines) is 1. The molecule has 0 spiro atoms. The summed E-state index contributed by atoms with van der Waals surface area (Å²) in [5.74, 6) is -0.0796. The van der Waals surface area contributed by atoms with Crippen molar-refractivity contribution in [3.05, 3.63) is 54.4 Å². The molecule has 0 aliphatic carbocycles. The Balaban J connectivity index is 1.27. The summed E-state index contributed by atoms with van der Waals surface area (Å²) in [5, 5.41) is 3.18. The van der Waals surface area contributed by atoms with Crippen LogP contribution in [0.3, 0.4) is 0 Å². The summed E-state index contributed by atoms with van der Waals surface area (Å²) in [4.78, 5) is 36.1. The summed E-state index contributed by atoms with van der Waals surface area (Å²) >= 11 is 0. The third-order valence-corrected chi connectivity index (χ3v) is 6.86. The first-order valence-corrected chi connectivity index (χ1v) is 13.0. The number of para-hydroxylation sites is 2. The Bertz CT molecular complexity index is 1010. The van der Waals surface area contributed by atoms with Gasteiger partial charge in [0.15, 0.2) is 0 Å². The number of amides is 2. The van der Waals surface area contributed by atoms with Gasteiger partial charge in [-0.25, -0.2) is 4.79 Å². The van der Waals surface area contributed by atoms with Crippen LogP contribution in [0.15, 0.2) is 48.8 Å². The number of ether oxygens (including phenoxy) is 1. The van der Waals surface area contributed by atoms with E-state index >= 15 is 0 Å². The van der Waals surface area contributed by atoms with Crippen molar-refractivity contribution >= 4 is 23.4 Å². The molecule has 4 rings (SSSR count). The quantitative estimate of drug-likeness (QED) is 0.655. The molecule has 1 N–H and O–H groups in total.